The molecule has 2 aromatic carbocycles. The number of nitrogens with two attached hydrogens (primary N) is 1. The smallest absolute Gasteiger partial charge is 0.312 e. The summed E-state index contributed by atoms with van der Waals surface area (Å²) in [6, 6.07) is 18.5. The largest absolute Gasteiger partial charge is 0.352 e. The number of amides is 3. The van der Waals surface area contributed by atoms with Gasteiger partial charge in [-0.15, -0.1) is 22.7 Å². The van der Waals surface area contributed by atoms with Gasteiger partial charge in [0.1, 0.15) is 0 Å². The molecule has 2 aromatic heterocycles. The number of hydrogen-bond acceptors (Lipinski definition) is 5. The molecule has 6 nitrogen and oxygen atoms in total. The second-order valence-corrected chi connectivity index (χ2v) is 8.87. The Hall–Kier alpha value is -3.23. The summed E-state index contributed by atoms with van der Waals surface area (Å²) >= 11 is 3.16. The monoisotopic (exact) mass is 436 g/mol. The molecule has 152 valence electrons. The standard InChI is InChI=1S/C22H20N4O2S2/c23-22(28)26-17(18-6-3-11-29-18)13-20(27)24-15-9-7-14(8-10-15)12-21-25-16-4-1-2-5-19(16)30-21/h1-11,17H,12-13H2,(H,24,27)(H3,23,26,28). The van der Waals surface area contributed by atoms with E-state index in [4.69, 9.17) is 5.73 Å². The molecule has 0 bridgehead atoms. The van der Waals surface area contributed by atoms with Gasteiger partial charge in [-0.3, -0.25) is 4.79 Å². The fraction of sp³-hybridized carbons (Fsp3) is 0.136. The van der Waals surface area contributed by atoms with Crippen LogP contribution in [0.25, 0.3) is 10.2 Å². The first-order valence-corrected chi connectivity index (χ1v) is 11.1. The van der Waals surface area contributed by atoms with Crippen molar-refractivity contribution in [3.05, 3.63) is 81.5 Å². The Morgan fingerprint density at radius 1 is 1.03 bits per heavy atom. The van der Waals surface area contributed by atoms with Crippen molar-refractivity contribution in [3.63, 3.8) is 0 Å². The number of para-hydroxylation sites is 1. The molecular formula is C22H20N4O2S2. The first-order chi connectivity index (χ1) is 14.6. The summed E-state index contributed by atoms with van der Waals surface area (Å²) < 4.78 is 1.18. The number of hydrogen-bond donors (Lipinski definition) is 3. The van der Waals surface area contributed by atoms with E-state index in [1.807, 2.05) is 60.0 Å². The molecule has 4 rings (SSSR count). The number of anilines is 1. The van der Waals surface area contributed by atoms with Crippen LogP contribution in [0.1, 0.15) is 27.9 Å². The number of urea groups is 1. The van der Waals surface area contributed by atoms with Crippen molar-refractivity contribution < 1.29 is 9.59 Å². The summed E-state index contributed by atoms with van der Waals surface area (Å²) in [5.41, 5.74) is 8.10. The third-order valence-corrected chi connectivity index (χ3v) is 6.55. The first-order valence-electron chi connectivity index (χ1n) is 9.39. The van der Waals surface area contributed by atoms with Gasteiger partial charge < -0.3 is 16.4 Å². The van der Waals surface area contributed by atoms with Crippen LogP contribution < -0.4 is 16.4 Å². The predicted molar refractivity (Wildman–Crippen MR) is 122 cm³/mol. The lowest BCUT2D eigenvalue weighted by molar-refractivity contribution is -0.116. The van der Waals surface area contributed by atoms with Crippen LogP contribution in [0.3, 0.4) is 0 Å². The molecular weight excluding hydrogens is 416 g/mol. The summed E-state index contributed by atoms with van der Waals surface area (Å²) in [7, 11) is 0. The number of aromatic nitrogens is 1. The minimum atomic E-state index is -0.652. The van der Waals surface area contributed by atoms with Crippen LogP contribution in [0, 0.1) is 0 Å². The number of thiazole rings is 1. The summed E-state index contributed by atoms with van der Waals surface area (Å²) in [6.07, 6.45) is 0.855. The van der Waals surface area contributed by atoms with E-state index in [1.165, 1.54) is 16.0 Å². The number of nitrogens with one attached hydrogen (secondary N) is 2. The molecule has 2 heterocycles. The van der Waals surface area contributed by atoms with Gasteiger partial charge in [-0.1, -0.05) is 30.3 Å². The number of nitrogens with zero attached hydrogens (tertiary/aromatic N) is 1. The Bertz CT molecular complexity index is 1120. The van der Waals surface area contributed by atoms with Gasteiger partial charge in [0.15, 0.2) is 0 Å². The molecule has 0 aliphatic heterocycles. The number of fused-ring (bicyclic) bond motifs is 1. The average Bonchev–Trinajstić information content (AvgIpc) is 3.38. The lowest BCUT2D eigenvalue weighted by Gasteiger charge is -2.16. The van der Waals surface area contributed by atoms with E-state index in [0.29, 0.717) is 5.69 Å². The second-order valence-electron chi connectivity index (χ2n) is 6.78. The van der Waals surface area contributed by atoms with Gasteiger partial charge in [0.25, 0.3) is 0 Å². The number of benzene rings is 2. The topological polar surface area (TPSA) is 97.1 Å². The first kappa shape index (κ1) is 20.1. The molecule has 4 aromatic rings. The summed E-state index contributed by atoms with van der Waals surface area (Å²) in [6.45, 7) is 0. The zero-order chi connectivity index (χ0) is 20.9. The third-order valence-electron chi connectivity index (χ3n) is 4.52. The van der Waals surface area contributed by atoms with Crippen LogP contribution in [0.2, 0.25) is 0 Å². The van der Waals surface area contributed by atoms with Crippen molar-refractivity contribution >= 4 is 50.5 Å². The third kappa shape index (κ3) is 5.03. The predicted octanol–water partition coefficient (Wildman–Crippen LogP) is 4.69. The molecule has 4 N–H and O–H groups in total. The Labute approximate surface area is 181 Å². The zero-order valence-electron chi connectivity index (χ0n) is 16.0. The number of carbonyl (C=O) groups is 2. The van der Waals surface area contributed by atoms with Crippen molar-refractivity contribution in [1.29, 1.82) is 0 Å². The summed E-state index contributed by atoms with van der Waals surface area (Å²) in [5.74, 6) is -0.193. The maximum absolute atomic E-state index is 12.5. The van der Waals surface area contributed by atoms with Crippen LogP contribution in [0.4, 0.5) is 10.5 Å². The molecule has 0 fully saturated rings. The van der Waals surface area contributed by atoms with Gasteiger partial charge in [0, 0.05) is 17.0 Å². The van der Waals surface area contributed by atoms with Crippen molar-refractivity contribution in [3.8, 4) is 0 Å². The Morgan fingerprint density at radius 3 is 2.53 bits per heavy atom. The highest BCUT2D eigenvalue weighted by Crippen LogP contribution is 2.25. The maximum Gasteiger partial charge on any atom is 0.312 e. The number of primary amides is 1. The number of carbonyl (C=O) groups excluding carboxylic acids is 2. The highest BCUT2D eigenvalue weighted by atomic mass is 32.1. The maximum atomic E-state index is 12.5. The quantitative estimate of drug-likeness (QED) is 0.392. The Morgan fingerprint density at radius 2 is 1.83 bits per heavy atom. The lowest BCUT2D eigenvalue weighted by Crippen LogP contribution is -2.34. The van der Waals surface area contributed by atoms with Gasteiger partial charge in [0.2, 0.25) is 5.91 Å². The lowest BCUT2D eigenvalue weighted by atomic mass is 10.1. The van der Waals surface area contributed by atoms with E-state index in [9.17, 15) is 9.59 Å². The molecule has 3 amide bonds. The van der Waals surface area contributed by atoms with E-state index in [2.05, 4.69) is 21.7 Å². The molecule has 0 saturated heterocycles. The normalized spacial score (nSPS) is 11.9. The molecule has 1 atom stereocenters. The Kier molecular flexibility index (Phi) is 6.06. The Balaban J connectivity index is 1.37. The van der Waals surface area contributed by atoms with E-state index < -0.39 is 12.1 Å². The molecule has 0 radical (unpaired) electrons. The molecule has 0 saturated carbocycles. The minimum absolute atomic E-state index is 0.108. The van der Waals surface area contributed by atoms with Crippen LogP contribution in [-0.4, -0.2) is 16.9 Å². The van der Waals surface area contributed by atoms with Crippen LogP contribution in [0.5, 0.6) is 0 Å². The minimum Gasteiger partial charge on any atom is -0.352 e. The van der Waals surface area contributed by atoms with E-state index in [-0.39, 0.29) is 12.3 Å². The van der Waals surface area contributed by atoms with Crippen LogP contribution >= 0.6 is 22.7 Å². The van der Waals surface area contributed by atoms with Crippen molar-refractivity contribution in [2.24, 2.45) is 5.73 Å². The van der Waals surface area contributed by atoms with Gasteiger partial charge >= 0.3 is 6.03 Å². The summed E-state index contributed by atoms with van der Waals surface area (Å²) in [4.78, 5) is 29.3. The van der Waals surface area contributed by atoms with Gasteiger partial charge in [-0.2, -0.15) is 0 Å². The molecule has 0 spiro atoms. The summed E-state index contributed by atoms with van der Waals surface area (Å²) in [5, 5.41) is 8.47. The number of thiophene rings is 1. The van der Waals surface area contributed by atoms with E-state index in [0.717, 1.165) is 27.4 Å². The van der Waals surface area contributed by atoms with E-state index >= 15 is 0 Å². The van der Waals surface area contributed by atoms with Crippen molar-refractivity contribution in [2.75, 3.05) is 5.32 Å². The molecule has 8 heteroatoms. The second kappa shape index (κ2) is 9.06. The SMILES string of the molecule is NC(=O)NC(CC(=O)Nc1ccc(Cc2nc3ccccc3s2)cc1)c1cccs1. The number of rotatable bonds is 7. The van der Waals surface area contributed by atoms with Crippen LogP contribution in [0.15, 0.2) is 66.0 Å². The molecule has 1 unspecified atom stereocenters. The zero-order valence-corrected chi connectivity index (χ0v) is 17.6. The van der Waals surface area contributed by atoms with Crippen molar-refractivity contribution in [1.82, 2.24) is 10.3 Å². The highest BCUT2D eigenvalue weighted by molar-refractivity contribution is 7.18. The molecule has 30 heavy (non-hydrogen) atoms. The van der Waals surface area contributed by atoms with E-state index in [1.54, 1.807) is 11.3 Å². The molecule has 0 aliphatic rings. The molecule has 0 aliphatic carbocycles. The average molecular weight is 437 g/mol. The van der Waals surface area contributed by atoms with Gasteiger partial charge in [-0.05, 0) is 41.3 Å². The van der Waals surface area contributed by atoms with Crippen LogP contribution in [-0.2, 0) is 11.2 Å². The fourth-order valence-electron chi connectivity index (χ4n) is 3.16. The van der Waals surface area contributed by atoms with Crippen molar-refractivity contribution in [2.45, 2.75) is 18.9 Å². The van der Waals surface area contributed by atoms with Gasteiger partial charge in [-0.25, -0.2) is 9.78 Å². The fourth-order valence-corrected chi connectivity index (χ4v) is 4.94. The van der Waals surface area contributed by atoms with Gasteiger partial charge in [0.05, 0.1) is 27.7 Å². The highest BCUT2D eigenvalue weighted by Gasteiger charge is 2.18.